The molecule has 1 aliphatic rings. The zero-order valence-electron chi connectivity index (χ0n) is 10.6. The average Bonchev–Trinajstić information content (AvgIpc) is 2.81. The maximum Gasteiger partial charge on any atom is 0.399 e. The molecule has 0 fully saturated rings. The van der Waals surface area contributed by atoms with E-state index in [1.807, 2.05) is 0 Å². The van der Waals surface area contributed by atoms with Crippen LogP contribution in [0.5, 0.6) is 5.75 Å². The Morgan fingerprint density at radius 3 is 2.26 bits per heavy atom. The van der Waals surface area contributed by atoms with E-state index in [1.54, 1.807) is 19.1 Å². The van der Waals surface area contributed by atoms with E-state index >= 15 is 0 Å². The third kappa shape index (κ3) is 2.22. The minimum Gasteiger partial charge on any atom is -0.496 e. The van der Waals surface area contributed by atoms with Crippen LogP contribution in [0.25, 0.3) is 0 Å². The molecule has 0 spiro atoms. The summed E-state index contributed by atoms with van der Waals surface area (Å²) in [5, 5.41) is 0.100. The first-order valence-corrected chi connectivity index (χ1v) is 6.26. The average molecular weight is 291 g/mol. The van der Waals surface area contributed by atoms with E-state index < -0.39 is 11.6 Å². The summed E-state index contributed by atoms with van der Waals surface area (Å²) in [6, 6.07) is 2.94. The molecule has 0 atom stereocenters. The van der Waals surface area contributed by atoms with Crippen LogP contribution in [-0.4, -0.2) is 13.3 Å². The van der Waals surface area contributed by atoms with Gasteiger partial charge in [-0.25, -0.2) is 0 Å². The fourth-order valence-electron chi connectivity index (χ4n) is 2.51. The number of aryl methyl sites for hydroxylation is 1. The number of halogens is 4. The highest BCUT2D eigenvalue weighted by molar-refractivity contribution is 6.31. The first kappa shape index (κ1) is 14.3. The van der Waals surface area contributed by atoms with Gasteiger partial charge in [0.15, 0.2) is 0 Å². The number of methoxy groups -OCH3 is 1. The molecular weight excluding hydrogens is 277 g/mol. The fourth-order valence-corrected chi connectivity index (χ4v) is 2.84. The highest BCUT2D eigenvalue weighted by Gasteiger charge is 2.56. The fraction of sp³-hybridized carbons (Fsp3) is 0.429. The summed E-state index contributed by atoms with van der Waals surface area (Å²) >= 11 is 6.05. The largest absolute Gasteiger partial charge is 0.496 e. The summed E-state index contributed by atoms with van der Waals surface area (Å²) < 4.78 is 45.5. The first-order chi connectivity index (χ1) is 8.82. The Labute approximate surface area is 115 Å². The van der Waals surface area contributed by atoms with Crippen LogP contribution in [0, 0.1) is 6.92 Å². The molecule has 1 aromatic carbocycles. The van der Waals surface area contributed by atoms with Crippen LogP contribution in [0.1, 0.15) is 24.0 Å². The summed E-state index contributed by atoms with van der Waals surface area (Å²) in [6.07, 6.45) is -1.35. The lowest BCUT2D eigenvalue weighted by molar-refractivity contribution is -0.187. The minimum absolute atomic E-state index is 0.0675. The molecule has 1 nitrogen and oxygen atoms in total. The Morgan fingerprint density at radius 1 is 1.21 bits per heavy atom. The molecular formula is C14H14ClF3O. The number of hydrogen-bond donors (Lipinski definition) is 0. The second kappa shape index (κ2) is 4.75. The highest BCUT2D eigenvalue weighted by atomic mass is 35.5. The van der Waals surface area contributed by atoms with E-state index in [0.29, 0.717) is 11.3 Å². The molecule has 2 rings (SSSR count). The molecule has 0 amide bonds. The topological polar surface area (TPSA) is 9.23 Å². The molecule has 0 heterocycles. The van der Waals surface area contributed by atoms with Crippen molar-refractivity contribution in [2.24, 2.45) is 0 Å². The van der Waals surface area contributed by atoms with Gasteiger partial charge in [0, 0.05) is 5.02 Å². The maximum absolute atomic E-state index is 13.5. The van der Waals surface area contributed by atoms with Crippen LogP contribution in [0.2, 0.25) is 5.02 Å². The Hall–Kier alpha value is -1.16. The molecule has 1 aromatic rings. The van der Waals surface area contributed by atoms with Gasteiger partial charge in [0.2, 0.25) is 0 Å². The number of allylic oxidation sites excluding steroid dienone is 2. The molecule has 0 saturated carbocycles. The standard InChI is InChI=1S/C14H14ClF3O/c1-9-7-10(11(15)8-12(9)19-2)13(14(16,17)18)5-3-4-6-13/h3-4,7-8H,5-6H2,1-2H3. The van der Waals surface area contributed by atoms with Crippen LogP contribution < -0.4 is 4.74 Å². The second-order valence-corrected chi connectivity index (χ2v) is 5.17. The normalized spacial score (nSPS) is 17.8. The predicted octanol–water partition coefficient (Wildman–Crippen LogP) is 4.81. The van der Waals surface area contributed by atoms with Gasteiger partial charge in [-0.2, -0.15) is 13.2 Å². The smallest absolute Gasteiger partial charge is 0.399 e. The summed E-state index contributed by atoms with van der Waals surface area (Å²) in [5.74, 6) is 0.497. The Morgan fingerprint density at radius 2 is 1.79 bits per heavy atom. The molecule has 0 radical (unpaired) electrons. The van der Waals surface area contributed by atoms with Crippen LogP contribution >= 0.6 is 11.6 Å². The second-order valence-electron chi connectivity index (χ2n) is 4.76. The van der Waals surface area contributed by atoms with Gasteiger partial charge in [-0.3, -0.25) is 0 Å². The van der Waals surface area contributed by atoms with Gasteiger partial charge in [0.25, 0.3) is 0 Å². The lowest BCUT2D eigenvalue weighted by Gasteiger charge is -2.33. The van der Waals surface area contributed by atoms with E-state index in [9.17, 15) is 13.2 Å². The molecule has 0 aliphatic heterocycles. The number of benzene rings is 1. The third-order valence-corrected chi connectivity index (χ3v) is 3.95. The van der Waals surface area contributed by atoms with Crippen molar-refractivity contribution in [2.75, 3.05) is 7.11 Å². The van der Waals surface area contributed by atoms with Gasteiger partial charge in [0.05, 0.1) is 12.5 Å². The van der Waals surface area contributed by atoms with Gasteiger partial charge in [-0.05, 0) is 43.0 Å². The number of rotatable bonds is 2. The van der Waals surface area contributed by atoms with Crippen molar-refractivity contribution in [1.82, 2.24) is 0 Å². The molecule has 0 unspecified atom stereocenters. The van der Waals surface area contributed by atoms with Crippen molar-refractivity contribution in [1.29, 1.82) is 0 Å². The Kier molecular flexibility index (Phi) is 3.56. The molecule has 0 N–H and O–H groups in total. The molecule has 1 aliphatic carbocycles. The van der Waals surface area contributed by atoms with E-state index in [-0.39, 0.29) is 23.4 Å². The van der Waals surface area contributed by atoms with Gasteiger partial charge in [-0.1, -0.05) is 23.8 Å². The molecule has 0 saturated heterocycles. The lowest BCUT2D eigenvalue weighted by atomic mass is 9.77. The highest BCUT2D eigenvalue weighted by Crippen LogP contribution is 2.52. The van der Waals surface area contributed by atoms with Crippen molar-refractivity contribution in [3.05, 3.63) is 40.4 Å². The van der Waals surface area contributed by atoms with Gasteiger partial charge in [-0.15, -0.1) is 0 Å². The molecule has 0 bridgehead atoms. The number of ether oxygens (including phenoxy) is 1. The van der Waals surface area contributed by atoms with E-state index in [0.717, 1.165) is 0 Å². The number of alkyl halides is 3. The number of hydrogen-bond acceptors (Lipinski definition) is 1. The van der Waals surface area contributed by atoms with Crippen molar-refractivity contribution in [3.63, 3.8) is 0 Å². The zero-order chi connectivity index (χ0) is 14.3. The van der Waals surface area contributed by atoms with Crippen molar-refractivity contribution < 1.29 is 17.9 Å². The van der Waals surface area contributed by atoms with Gasteiger partial charge in [0.1, 0.15) is 5.75 Å². The van der Waals surface area contributed by atoms with Crippen molar-refractivity contribution >= 4 is 11.6 Å². The van der Waals surface area contributed by atoms with Crippen molar-refractivity contribution in [3.8, 4) is 5.75 Å². The van der Waals surface area contributed by atoms with E-state index in [1.165, 1.54) is 19.2 Å². The summed E-state index contributed by atoms with van der Waals surface area (Å²) in [4.78, 5) is 0. The minimum atomic E-state index is -4.33. The zero-order valence-corrected chi connectivity index (χ0v) is 11.4. The molecule has 104 valence electrons. The summed E-state index contributed by atoms with van der Waals surface area (Å²) in [7, 11) is 1.47. The Balaban J connectivity index is 2.59. The predicted molar refractivity (Wildman–Crippen MR) is 68.8 cm³/mol. The van der Waals surface area contributed by atoms with Crippen LogP contribution in [0.15, 0.2) is 24.3 Å². The van der Waals surface area contributed by atoms with E-state index in [2.05, 4.69) is 0 Å². The van der Waals surface area contributed by atoms with Crippen LogP contribution in [0.3, 0.4) is 0 Å². The third-order valence-electron chi connectivity index (χ3n) is 3.64. The Bertz CT molecular complexity index is 512. The van der Waals surface area contributed by atoms with Crippen LogP contribution in [-0.2, 0) is 5.41 Å². The molecule has 0 aromatic heterocycles. The monoisotopic (exact) mass is 290 g/mol. The molecule has 5 heteroatoms. The van der Waals surface area contributed by atoms with Crippen molar-refractivity contribution in [2.45, 2.75) is 31.4 Å². The van der Waals surface area contributed by atoms with E-state index in [4.69, 9.17) is 16.3 Å². The SMILES string of the molecule is COc1cc(Cl)c(C2(C(F)(F)F)CC=CC2)cc1C. The quantitative estimate of drug-likeness (QED) is 0.710. The molecule has 19 heavy (non-hydrogen) atoms. The summed E-state index contributed by atoms with van der Waals surface area (Å²) in [5.41, 5.74) is -1.12. The summed E-state index contributed by atoms with van der Waals surface area (Å²) in [6.45, 7) is 1.71. The first-order valence-electron chi connectivity index (χ1n) is 5.88. The van der Waals surface area contributed by atoms with Crippen LogP contribution in [0.4, 0.5) is 13.2 Å². The van der Waals surface area contributed by atoms with Gasteiger partial charge >= 0.3 is 6.18 Å². The maximum atomic E-state index is 13.5. The van der Waals surface area contributed by atoms with Gasteiger partial charge < -0.3 is 4.74 Å². The lowest BCUT2D eigenvalue weighted by Crippen LogP contribution is -2.40.